The Labute approximate surface area is 71.1 Å². The average molecular weight is 162 g/mol. The van der Waals surface area contributed by atoms with E-state index in [0.717, 1.165) is 5.56 Å². The van der Waals surface area contributed by atoms with E-state index in [1.54, 1.807) is 25.5 Å². The van der Waals surface area contributed by atoms with Crippen molar-refractivity contribution >= 4 is 12.0 Å². The Bertz CT molecular complexity index is 280. The van der Waals surface area contributed by atoms with Gasteiger partial charge in [-0.05, 0) is 17.7 Å². The van der Waals surface area contributed by atoms with E-state index in [4.69, 9.17) is 0 Å². The van der Waals surface area contributed by atoms with Crippen LogP contribution >= 0.6 is 0 Å². The summed E-state index contributed by atoms with van der Waals surface area (Å²) < 4.78 is 0. The first-order valence-electron chi connectivity index (χ1n) is 3.63. The van der Waals surface area contributed by atoms with E-state index in [-0.39, 0.29) is 5.91 Å². The highest BCUT2D eigenvalue weighted by Crippen LogP contribution is 1.97. The van der Waals surface area contributed by atoms with Gasteiger partial charge >= 0.3 is 0 Å². The molecule has 0 aliphatic carbocycles. The number of amides is 1. The minimum Gasteiger partial charge on any atom is -0.356 e. The second-order valence-corrected chi connectivity index (χ2v) is 2.23. The normalized spacial score (nSPS) is 10.1. The molecule has 0 fully saturated rings. The van der Waals surface area contributed by atoms with Gasteiger partial charge in [-0.1, -0.05) is 6.07 Å². The molecular formula is C9H10N2O. The Morgan fingerprint density at radius 3 is 3.08 bits per heavy atom. The number of hydrogen-bond acceptors (Lipinski definition) is 2. The molecule has 1 heterocycles. The van der Waals surface area contributed by atoms with Crippen molar-refractivity contribution in [1.82, 2.24) is 10.3 Å². The van der Waals surface area contributed by atoms with E-state index in [1.165, 1.54) is 6.08 Å². The molecule has 0 saturated carbocycles. The van der Waals surface area contributed by atoms with E-state index in [1.807, 2.05) is 12.1 Å². The smallest absolute Gasteiger partial charge is 0.243 e. The zero-order chi connectivity index (χ0) is 8.81. The van der Waals surface area contributed by atoms with E-state index in [0.29, 0.717) is 0 Å². The lowest BCUT2D eigenvalue weighted by molar-refractivity contribution is -0.115. The lowest BCUT2D eigenvalue weighted by Gasteiger charge is -1.90. The number of nitrogens with one attached hydrogen (secondary N) is 1. The van der Waals surface area contributed by atoms with Crippen molar-refractivity contribution in [3.8, 4) is 0 Å². The van der Waals surface area contributed by atoms with Gasteiger partial charge in [0, 0.05) is 25.5 Å². The Morgan fingerprint density at radius 2 is 2.50 bits per heavy atom. The quantitative estimate of drug-likeness (QED) is 0.655. The fraction of sp³-hybridized carbons (Fsp3) is 0.111. The van der Waals surface area contributed by atoms with Gasteiger partial charge in [-0.25, -0.2) is 0 Å². The van der Waals surface area contributed by atoms with Crippen molar-refractivity contribution in [3.63, 3.8) is 0 Å². The Kier molecular flexibility index (Phi) is 3.02. The van der Waals surface area contributed by atoms with Gasteiger partial charge in [0.25, 0.3) is 0 Å². The number of carbonyl (C=O) groups excluding carboxylic acids is 1. The van der Waals surface area contributed by atoms with Gasteiger partial charge in [0.05, 0.1) is 0 Å². The second kappa shape index (κ2) is 4.28. The molecule has 1 amide bonds. The Balaban J connectivity index is 2.64. The molecule has 0 aromatic carbocycles. The molecule has 3 nitrogen and oxygen atoms in total. The third kappa shape index (κ3) is 2.54. The Hall–Kier alpha value is -1.64. The van der Waals surface area contributed by atoms with Crippen LogP contribution in [-0.2, 0) is 4.79 Å². The van der Waals surface area contributed by atoms with E-state index in [2.05, 4.69) is 10.3 Å². The molecule has 1 N–H and O–H groups in total. The van der Waals surface area contributed by atoms with Crippen LogP contribution in [0.15, 0.2) is 30.6 Å². The van der Waals surface area contributed by atoms with Gasteiger partial charge < -0.3 is 5.32 Å². The lowest BCUT2D eigenvalue weighted by atomic mass is 10.2. The first-order valence-corrected chi connectivity index (χ1v) is 3.63. The van der Waals surface area contributed by atoms with E-state index >= 15 is 0 Å². The fourth-order valence-corrected chi connectivity index (χ4v) is 0.730. The first-order chi connectivity index (χ1) is 5.83. The van der Waals surface area contributed by atoms with Crippen molar-refractivity contribution in [2.24, 2.45) is 0 Å². The van der Waals surface area contributed by atoms with Crippen molar-refractivity contribution in [2.75, 3.05) is 7.05 Å². The summed E-state index contributed by atoms with van der Waals surface area (Å²) in [6.45, 7) is 0. The summed E-state index contributed by atoms with van der Waals surface area (Å²) in [5.74, 6) is -0.112. The number of likely N-dealkylation sites (N-methyl/N-ethyl adjacent to an activating group) is 1. The maximum Gasteiger partial charge on any atom is 0.243 e. The first kappa shape index (κ1) is 8.46. The number of nitrogens with zero attached hydrogens (tertiary/aromatic N) is 1. The van der Waals surface area contributed by atoms with Crippen LogP contribution in [0.25, 0.3) is 6.08 Å². The number of hydrogen-bond donors (Lipinski definition) is 1. The van der Waals surface area contributed by atoms with Crippen molar-refractivity contribution in [3.05, 3.63) is 36.2 Å². The zero-order valence-electron chi connectivity index (χ0n) is 6.82. The highest BCUT2D eigenvalue weighted by molar-refractivity contribution is 5.91. The third-order valence-electron chi connectivity index (χ3n) is 1.36. The minimum atomic E-state index is -0.112. The molecule has 0 bridgehead atoms. The standard InChI is InChI=1S/C9H10N2O/c1-10-9(12)5-4-8-3-2-6-11-7-8/h2-7H,1H3,(H,10,12). The van der Waals surface area contributed by atoms with Crippen molar-refractivity contribution < 1.29 is 4.79 Å². The highest BCUT2D eigenvalue weighted by Gasteiger charge is 1.88. The van der Waals surface area contributed by atoms with Gasteiger partial charge in [-0.3, -0.25) is 9.78 Å². The van der Waals surface area contributed by atoms with Crippen LogP contribution < -0.4 is 5.32 Å². The summed E-state index contributed by atoms with van der Waals surface area (Å²) in [5, 5.41) is 2.49. The molecule has 3 heteroatoms. The molecule has 1 aromatic heterocycles. The number of carbonyl (C=O) groups is 1. The van der Waals surface area contributed by atoms with Gasteiger partial charge in [0.2, 0.25) is 5.91 Å². The topological polar surface area (TPSA) is 42.0 Å². The van der Waals surface area contributed by atoms with Gasteiger partial charge in [-0.2, -0.15) is 0 Å². The molecule has 1 aromatic rings. The Morgan fingerprint density at radius 1 is 1.67 bits per heavy atom. The molecule has 0 saturated heterocycles. The van der Waals surface area contributed by atoms with Crippen LogP contribution in [0.2, 0.25) is 0 Å². The fourth-order valence-electron chi connectivity index (χ4n) is 0.730. The SMILES string of the molecule is CNC(=O)C=Cc1cccnc1. The highest BCUT2D eigenvalue weighted by atomic mass is 16.1. The third-order valence-corrected chi connectivity index (χ3v) is 1.36. The monoisotopic (exact) mass is 162 g/mol. The molecule has 62 valence electrons. The number of pyridine rings is 1. The molecular weight excluding hydrogens is 152 g/mol. The maximum absolute atomic E-state index is 10.8. The number of aromatic nitrogens is 1. The van der Waals surface area contributed by atoms with Gasteiger partial charge in [0.15, 0.2) is 0 Å². The summed E-state index contributed by atoms with van der Waals surface area (Å²) >= 11 is 0. The summed E-state index contributed by atoms with van der Waals surface area (Å²) in [7, 11) is 1.59. The number of rotatable bonds is 2. The predicted molar refractivity (Wildman–Crippen MR) is 47.3 cm³/mol. The average Bonchev–Trinajstić information content (AvgIpc) is 2.16. The van der Waals surface area contributed by atoms with E-state index < -0.39 is 0 Å². The molecule has 0 spiro atoms. The van der Waals surface area contributed by atoms with Crippen LogP contribution in [0.4, 0.5) is 0 Å². The maximum atomic E-state index is 10.8. The molecule has 0 atom stereocenters. The molecule has 12 heavy (non-hydrogen) atoms. The van der Waals surface area contributed by atoms with E-state index in [9.17, 15) is 4.79 Å². The summed E-state index contributed by atoms with van der Waals surface area (Å²) in [5.41, 5.74) is 0.918. The summed E-state index contributed by atoms with van der Waals surface area (Å²) in [6.07, 6.45) is 6.57. The summed E-state index contributed by atoms with van der Waals surface area (Å²) in [4.78, 5) is 14.7. The molecule has 0 aliphatic rings. The predicted octanol–water partition coefficient (Wildman–Crippen LogP) is 0.841. The van der Waals surface area contributed by atoms with Crippen molar-refractivity contribution in [1.29, 1.82) is 0 Å². The lowest BCUT2D eigenvalue weighted by Crippen LogP contribution is -2.13. The van der Waals surface area contributed by atoms with Gasteiger partial charge in [0.1, 0.15) is 0 Å². The summed E-state index contributed by atoms with van der Waals surface area (Å²) in [6, 6.07) is 3.70. The minimum absolute atomic E-state index is 0.112. The molecule has 0 unspecified atom stereocenters. The van der Waals surface area contributed by atoms with Crippen LogP contribution in [0.5, 0.6) is 0 Å². The molecule has 1 rings (SSSR count). The largest absolute Gasteiger partial charge is 0.356 e. The van der Waals surface area contributed by atoms with Crippen LogP contribution in [0, 0.1) is 0 Å². The van der Waals surface area contributed by atoms with Crippen LogP contribution in [-0.4, -0.2) is 17.9 Å². The van der Waals surface area contributed by atoms with Gasteiger partial charge in [-0.15, -0.1) is 0 Å². The van der Waals surface area contributed by atoms with Crippen LogP contribution in [0.1, 0.15) is 5.56 Å². The zero-order valence-corrected chi connectivity index (χ0v) is 6.82. The van der Waals surface area contributed by atoms with Crippen LogP contribution in [0.3, 0.4) is 0 Å². The van der Waals surface area contributed by atoms with Crippen molar-refractivity contribution in [2.45, 2.75) is 0 Å². The molecule has 0 aliphatic heterocycles. The second-order valence-electron chi connectivity index (χ2n) is 2.23. The molecule has 0 radical (unpaired) electrons.